The molecule has 0 aliphatic carbocycles. The SMILES string of the molecule is CCCC[C@H](NC(=O)[C@H](Cc1c[nH]c2ccccc12)NC(=O)CNC(=O)[C@H](Cc1ccc(O)cc1)NC(=O)[C@H](C)NC(=O)[C@@H](CCC(=O)O)NC(=O)[C@@H](CCC(=O)O)NC(=O)[C@@H](CCC(=O)O)NC(=O)[C@@H](CCC(=O)O)NC(=O)[C@@H](CCC(=O)O)NC(=O)[C@@H](CCC(=O)O)NC(=O)CN1CCN(CC(=O)[O-])CCN(CC(=O)[O-])CCN(CC(=O)[O-])CC1)C(=O)N[C@@H](CC(=O)O)C(=O)N[C@@H](Cc1ccccc1)C(N)=O.[Lu+3]. The normalized spacial score (nSPS) is 15.1. The number of hydrogen-bond donors (Lipinski definition) is 23. The van der Waals surface area contributed by atoms with E-state index >= 15 is 0 Å². The van der Waals surface area contributed by atoms with Gasteiger partial charge >= 0.3 is 78.7 Å². The zero-order valence-electron chi connectivity index (χ0n) is 78.9. The summed E-state index contributed by atoms with van der Waals surface area (Å²) in [7, 11) is 0. The topological polar surface area (TPSA) is 852 Å². The number of phenolic OH excluding ortho intramolecular Hbond substituents is 1. The number of carbonyl (C=O) groups is 24. The van der Waals surface area contributed by atoms with E-state index in [2.05, 4.69) is 74.1 Å². The zero-order chi connectivity index (χ0) is 107. The third kappa shape index (κ3) is 47.4. The molecule has 0 saturated carbocycles. The average molecular weight is 2200 g/mol. The Kier molecular flexibility index (Phi) is 53.6. The van der Waals surface area contributed by atoms with Crippen molar-refractivity contribution in [1.82, 2.24) is 93.7 Å². The maximum Gasteiger partial charge on any atom is 3.00 e. The van der Waals surface area contributed by atoms with Gasteiger partial charge in [0.15, 0.2) is 0 Å². The Morgan fingerprint density at radius 1 is 0.345 bits per heavy atom. The minimum atomic E-state index is -2.19. The number of carboxylic acids is 10. The Morgan fingerprint density at radius 2 is 0.655 bits per heavy atom. The molecule has 3 aromatic carbocycles. The second-order valence-electron chi connectivity index (χ2n) is 33.8. The summed E-state index contributed by atoms with van der Waals surface area (Å²) >= 11 is 0. The molecule has 2 heterocycles. The Morgan fingerprint density at radius 3 is 1.03 bits per heavy atom. The number of benzene rings is 3. The van der Waals surface area contributed by atoms with Gasteiger partial charge in [0.1, 0.15) is 78.3 Å². The second-order valence-corrected chi connectivity index (χ2v) is 33.8. The van der Waals surface area contributed by atoms with Gasteiger partial charge in [-0.25, -0.2) is 0 Å². The van der Waals surface area contributed by atoms with Crippen molar-refractivity contribution in [3.8, 4) is 5.75 Å². The number of aromatic hydroxyl groups is 1. The van der Waals surface area contributed by atoms with E-state index in [-0.39, 0.29) is 126 Å². The van der Waals surface area contributed by atoms with Gasteiger partial charge in [0.05, 0.1) is 37.4 Å². The van der Waals surface area contributed by atoms with Crippen molar-refractivity contribution < 1.29 is 208 Å². The summed E-state index contributed by atoms with van der Waals surface area (Å²) in [6.45, 7) is -1.83. The number of aliphatic carboxylic acids is 10. The van der Waals surface area contributed by atoms with E-state index in [1.54, 1.807) is 61.5 Å². The van der Waals surface area contributed by atoms with Crippen LogP contribution in [-0.2, 0) is 134 Å². The third-order valence-electron chi connectivity index (χ3n) is 22.4. The van der Waals surface area contributed by atoms with Gasteiger partial charge < -0.3 is 150 Å². The van der Waals surface area contributed by atoms with Gasteiger partial charge in [-0.1, -0.05) is 80.4 Å². The molecular weight excluding hydrogens is 2080 g/mol. The van der Waals surface area contributed by atoms with Crippen LogP contribution in [0.25, 0.3) is 10.9 Å². The average Bonchev–Trinajstić information content (AvgIpc) is 1.69. The molecule has 1 fully saturated rings. The summed E-state index contributed by atoms with van der Waals surface area (Å²) in [5, 5.41) is 144. The van der Waals surface area contributed by atoms with Gasteiger partial charge in [0, 0.05) is 147 Å². The molecule has 1 aliphatic heterocycles. The monoisotopic (exact) mass is 2200 g/mol. The van der Waals surface area contributed by atoms with Crippen LogP contribution in [0, 0.1) is 36.9 Å². The zero-order valence-corrected chi connectivity index (χ0v) is 80.5. The number of aromatic amines is 1. The Labute approximate surface area is 856 Å². The molecule has 54 nitrogen and oxygen atoms in total. The van der Waals surface area contributed by atoms with E-state index < -0.39 is 338 Å². The number of carboxylic acid groups (broad SMARTS) is 10. The summed E-state index contributed by atoms with van der Waals surface area (Å²) in [6.07, 6.45) is -10.9. The van der Waals surface area contributed by atoms with Gasteiger partial charge in [0.25, 0.3) is 0 Å². The molecule has 0 unspecified atom stereocenters. The molecule has 1 aliphatic rings. The van der Waals surface area contributed by atoms with Crippen molar-refractivity contribution in [2.45, 2.75) is 208 Å². The first-order valence-electron chi connectivity index (χ1n) is 45.6. The van der Waals surface area contributed by atoms with Crippen LogP contribution in [0.5, 0.6) is 5.75 Å². The van der Waals surface area contributed by atoms with Crippen LogP contribution in [0.4, 0.5) is 0 Å². The van der Waals surface area contributed by atoms with Crippen LogP contribution < -0.4 is 90.2 Å². The van der Waals surface area contributed by atoms with Crippen molar-refractivity contribution in [1.29, 1.82) is 0 Å². The van der Waals surface area contributed by atoms with Crippen LogP contribution in [0.1, 0.15) is 133 Å². The van der Waals surface area contributed by atoms with Crippen LogP contribution in [0.2, 0.25) is 0 Å². The fourth-order valence-corrected chi connectivity index (χ4v) is 14.8. The molecule has 1 saturated heterocycles. The first-order chi connectivity index (χ1) is 68.0. The van der Waals surface area contributed by atoms with Gasteiger partial charge in [0.2, 0.25) is 82.7 Å². The van der Waals surface area contributed by atoms with Crippen molar-refractivity contribution in [2.75, 3.05) is 85.1 Å². The van der Waals surface area contributed by atoms with E-state index in [4.69, 9.17) is 5.73 Å². The van der Waals surface area contributed by atoms with E-state index in [9.17, 15) is 171 Å². The number of unbranched alkanes of at least 4 members (excludes halogenated alkanes) is 1. The maximum atomic E-state index is 14.7. The molecule has 1 aromatic heterocycles. The van der Waals surface area contributed by atoms with Crippen molar-refractivity contribution in [3.63, 3.8) is 0 Å². The number of carbonyl (C=O) groups excluding carboxylic acids is 17. The number of nitrogens with two attached hydrogens (primary N) is 1. The van der Waals surface area contributed by atoms with Crippen molar-refractivity contribution in [3.05, 3.63) is 102 Å². The number of fused-ring (bicyclic) bond motifs is 1. The summed E-state index contributed by atoms with van der Waals surface area (Å²) in [6, 6.07) is -2.24. The molecule has 12 atom stereocenters. The van der Waals surface area contributed by atoms with E-state index in [1.807, 2.05) is 0 Å². The first-order valence-corrected chi connectivity index (χ1v) is 45.6. The number of phenols is 1. The molecule has 4 aromatic rings. The molecular formula is C90H120LuN19O35. The quantitative estimate of drug-likeness (QED) is 0.0195. The van der Waals surface area contributed by atoms with Crippen molar-refractivity contribution >= 4 is 153 Å². The third-order valence-corrected chi connectivity index (χ3v) is 22.4. The van der Waals surface area contributed by atoms with Gasteiger partial charge in [-0.15, -0.1) is 0 Å². The molecule has 800 valence electrons. The minimum Gasteiger partial charge on any atom is -0.549 e. The second kappa shape index (κ2) is 63.4. The fraction of sp³-hybridized carbons (Fsp3) is 0.511. The maximum absolute atomic E-state index is 14.7. The molecule has 55 heteroatoms. The Bertz CT molecular complexity index is 5180. The smallest absolute Gasteiger partial charge is 0.549 e. The van der Waals surface area contributed by atoms with Crippen LogP contribution in [0.3, 0.4) is 0 Å². The van der Waals surface area contributed by atoms with Crippen LogP contribution in [0.15, 0.2) is 85.1 Å². The van der Waals surface area contributed by atoms with E-state index in [0.717, 1.165) is 6.92 Å². The molecule has 14 amide bonds. The number of para-hydroxylation sites is 1. The standard InChI is InChI=1S/C90H123N19O35.Lu/c1-3-4-13-56(83(137)105-66(42-75(125)126)90(144)103-63(79(91)133)39-50-10-6-5-7-11-50)97-89(143)65(41-52-43-92-55-14-9-8-12-54(52)55)96-67(111)44-93-81(135)64(40-51-15-17-53(110)18-16-51)104-80(134)49(2)94-82(136)58(20-26-70(115)116)98-85(139)60(22-28-72(119)120)100-87(141)62(24-30-74(123)124)102-88(142)61(23-29-73(121)122)101-86(140)59(21-27-71(117)118)99-84(138)57(19-25-69(113)114)95-68(112)45-106-31-33-107(46-76(127)128)35-37-109(48-78(131)132)38-36-108(34-32-106)47-77(129)130;/h5-12,14-18,43,49,56-66,92,110H,3-4,13,19-42,44-48H2,1-2H3,(H2,91,133)(H,93,135)(H,94,136)(H,95,112)(H,96,111)(H,97,143)(H,98,139)(H,99,138)(H,100,141)(H,101,140)(H,102,142)(H,103,144)(H,104,134)(H,105,137)(H,113,114)(H,115,116)(H,117,118)(H,119,120)(H,121,122)(H,123,124)(H,125,126)(H,127,128)(H,129,130)(H,131,132);/q;+3/p-3/t49-,56-,57+,58+,59+,60+,61+,62+,63-,64-,65-,66-;/m0./s1. The largest absolute Gasteiger partial charge is 3.00 e. The number of aromatic nitrogens is 1. The van der Waals surface area contributed by atoms with E-state index in [1.165, 1.54) is 50.1 Å². The molecule has 5 rings (SSSR count). The van der Waals surface area contributed by atoms with Gasteiger partial charge in [-0.2, -0.15) is 0 Å². The summed E-state index contributed by atoms with van der Waals surface area (Å²) in [4.78, 5) is 327. The predicted molar refractivity (Wildman–Crippen MR) is 489 cm³/mol. The van der Waals surface area contributed by atoms with Crippen LogP contribution in [-0.4, -0.2) is 365 Å². The summed E-state index contributed by atoms with van der Waals surface area (Å²) in [5.74, 6) is -33.4. The number of nitrogens with zero attached hydrogens (tertiary/aromatic N) is 4. The van der Waals surface area contributed by atoms with E-state index in [0.29, 0.717) is 28.5 Å². The summed E-state index contributed by atoms with van der Waals surface area (Å²) in [5.41, 5.74) is 7.48. The Hall–Kier alpha value is -14.6. The summed E-state index contributed by atoms with van der Waals surface area (Å²) < 4.78 is 0. The number of nitrogens with one attached hydrogen (secondary N) is 14. The fourth-order valence-electron chi connectivity index (χ4n) is 14.8. The van der Waals surface area contributed by atoms with Gasteiger partial charge in [-0.05, 0) is 86.8 Å². The Balaban J connectivity index is 0.0000438. The number of primary amides is 1. The number of H-pyrrole nitrogens is 1. The molecule has 145 heavy (non-hydrogen) atoms. The molecule has 24 N–H and O–H groups in total. The number of amides is 14. The number of hydrogen-bond acceptors (Lipinski definition) is 32. The predicted octanol–water partition coefficient (Wildman–Crippen LogP) is -10.3. The minimum absolute atomic E-state index is 0. The van der Waals surface area contributed by atoms with Crippen LogP contribution >= 0.6 is 0 Å². The molecule has 0 bridgehead atoms. The molecule has 0 spiro atoms. The van der Waals surface area contributed by atoms with Crippen molar-refractivity contribution in [2.24, 2.45) is 5.73 Å². The molecule has 0 radical (unpaired) electrons. The van der Waals surface area contributed by atoms with Gasteiger partial charge in [-0.3, -0.25) is 120 Å². The first kappa shape index (κ1) is 123. The number of rotatable bonds is 63.